The van der Waals surface area contributed by atoms with Crippen molar-refractivity contribution in [3.8, 4) is 6.07 Å². The van der Waals surface area contributed by atoms with Gasteiger partial charge in [-0.3, -0.25) is 0 Å². The van der Waals surface area contributed by atoms with E-state index in [0.29, 0.717) is 20.7 Å². The molecule has 0 radical (unpaired) electrons. The van der Waals surface area contributed by atoms with Crippen LogP contribution in [0.1, 0.15) is 37.5 Å². The second kappa shape index (κ2) is 5.83. The first-order valence-corrected chi connectivity index (χ1v) is 6.81. The van der Waals surface area contributed by atoms with Gasteiger partial charge < -0.3 is 5.73 Å². The standard InChI is InChI=1S/C12H11FN2S.C2H6/c1-3-7-6(2)4-9(13)11-10(7)8(5-14)12(15)16-11;1-2/h4H,3,15H2,1-2H3;1-2H3. The minimum Gasteiger partial charge on any atom is -0.389 e. The van der Waals surface area contributed by atoms with Crippen molar-refractivity contribution in [2.45, 2.75) is 34.1 Å². The second-order valence-corrected chi connectivity index (χ2v) is 4.72. The fourth-order valence-corrected chi connectivity index (χ4v) is 2.96. The molecule has 18 heavy (non-hydrogen) atoms. The molecule has 1 aromatic heterocycles. The van der Waals surface area contributed by atoms with Gasteiger partial charge in [0.2, 0.25) is 0 Å². The molecule has 2 rings (SSSR count). The van der Waals surface area contributed by atoms with E-state index < -0.39 is 0 Å². The third kappa shape index (κ3) is 2.19. The maximum Gasteiger partial charge on any atom is 0.141 e. The SMILES string of the molecule is CC.CCc1c(C)cc(F)c2sc(N)c(C#N)c12. The molecule has 0 bridgehead atoms. The maximum atomic E-state index is 13.7. The van der Waals surface area contributed by atoms with Crippen molar-refractivity contribution in [1.29, 1.82) is 5.26 Å². The molecule has 0 saturated carbocycles. The largest absolute Gasteiger partial charge is 0.389 e. The Bertz CT molecular complexity index is 609. The van der Waals surface area contributed by atoms with E-state index in [1.54, 1.807) is 0 Å². The summed E-state index contributed by atoms with van der Waals surface area (Å²) in [5, 5.41) is 10.2. The molecule has 0 amide bonds. The van der Waals surface area contributed by atoms with Crippen LogP contribution in [0.25, 0.3) is 10.1 Å². The number of nitrogen functional groups attached to an aromatic ring is 1. The first kappa shape index (κ1) is 14.5. The number of fused-ring (bicyclic) bond motifs is 1. The molecule has 0 fully saturated rings. The smallest absolute Gasteiger partial charge is 0.141 e. The molecule has 0 unspecified atom stereocenters. The van der Waals surface area contributed by atoms with Crippen molar-refractivity contribution >= 4 is 26.4 Å². The van der Waals surface area contributed by atoms with Crippen LogP contribution < -0.4 is 5.73 Å². The number of anilines is 1. The van der Waals surface area contributed by atoms with Gasteiger partial charge in [-0.05, 0) is 30.5 Å². The summed E-state index contributed by atoms with van der Waals surface area (Å²) in [5.41, 5.74) is 8.04. The summed E-state index contributed by atoms with van der Waals surface area (Å²) in [7, 11) is 0. The van der Waals surface area contributed by atoms with E-state index in [9.17, 15) is 4.39 Å². The molecule has 0 aliphatic heterocycles. The monoisotopic (exact) mass is 264 g/mol. The third-order valence-electron chi connectivity index (χ3n) is 2.74. The highest BCUT2D eigenvalue weighted by Gasteiger charge is 2.17. The lowest BCUT2D eigenvalue weighted by Gasteiger charge is -2.06. The van der Waals surface area contributed by atoms with Crippen LogP contribution in [0.3, 0.4) is 0 Å². The van der Waals surface area contributed by atoms with Crippen molar-refractivity contribution < 1.29 is 4.39 Å². The summed E-state index contributed by atoms with van der Waals surface area (Å²) < 4.78 is 14.2. The van der Waals surface area contributed by atoms with Gasteiger partial charge in [0.15, 0.2) is 0 Å². The average Bonchev–Trinajstić information content (AvgIpc) is 2.69. The van der Waals surface area contributed by atoms with E-state index >= 15 is 0 Å². The summed E-state index contributed by atoms with van der Waals surface area (Å²) >= 11 is 1.15. The highest BCUT2D eigenvalue weighted by atomic mass is 32.1. The fourth-order valence-electron chi connectivity index (χ4n) is 2.01. The van der Waals surface area contributed by atoms with Gasteiger partial charge in [0.05, 0.1) is 10.3 Å². The molecule has 4 heteroatoms. The first-order valence-electron chi connectivity index (χ1n) is 6.00. The zero-order chi connectivity index (χ0) is 13.9. The molecular formula is C14H17FN2S. The number of nitriles is 1. The lowest BCUT2D eigenvalue weighted by Crippen LogP contribution is -1.92. The van der Waals surface area contributed by atoms with Gasteiger partial charge in [0, 0.05) is 5.39 Å². The number of benzene rings is 1. The number of rotatable bonds is 1. The first-order chi connectivity index (χ1) is 8.60. The normalized spacial score (nSPS) is 9.78. The van der Waals surface area contributed by atoms with Gasteiger partial charge >= 0.3 is 0 Å². The summed E-state index contributed by atoms with van der Waals surface area (Å²) in [4.78, 5) is 0. The topological polar surface area (TPSA) is 49.8 Å². The molecule has 0 saturated heterocycles. The number of hydrogen-bond acceptors (Lipinski definition) is 3. The highest BCUT2D eigenvalue weighted by Crippen LogP contribution is 2.38. The lowest BCUT2D eigenvalue weighted by atomic mass is 9.99. The average molecular weight is 264 g/mol. The molecule has 1 aromatic carbocycles. The van der Waals surface area contributed by atoms with E-state index in [1.807, 2.05) is 27.7 Å². The van der Waals surface area contributed by atoms with Gasteiger partial charge in [0.25, 0.3) is 0 Å². The van der Waals surface area contributed by atoms with Crippen molar-refractivity contribution in [3.05, 3.63) is 28.6 Å². The molecule has 0 atom stereocenters. The Morgan fingerprint density at radius 1 is 1.44 bits per heavy atom. The zero-order valence-electron chi connectivity index (χ0n) is 11.1. The summed E-state index contributed by atoms with van der Waals surface area (Å²) in [6, 6.07) is 3.58. The Labute approximate surface area is 111 Å². The van der Waals surface area contributed by atoms with Gasteiger partial charge in [-0.25, -0.2) is 4.39 Å². The van der Waals surface area contributed by atoms with Crippen LogP contribution in [-0.2, 0) is 6.42 Å². The summed E-state index contributed by atoms with van der Waals surface area (Å²) in [5.74, 6) is -0.289. The van der Waals surface area contributed by atoms with E-state index in [4.69, 9.17) is 11.0 Å². The van der Waals surface area contributed by atoms with Crippen molar-refractivity contribution in [2.24, 2.45) is 0 Å². The number of halogens is 1. The predicted molar refractivity (Wildman–Crippen MR) is 76.4 cm³/mol. The minimum absolute atomic E-state index is 0.289. The Morgan fingerprint density at radius 3 is 2.56 bits per heavy atom. The Balaban J connectivity index is 0.000000771. The number of nitrogens with zero attached hydrogens (tertiary/aromatic N) is 1. The molecule has 0 aliphatic carbocycles. The van der Waals surface area contributed by atoms with Gasteiger partial charge in [0.1, 0.15) is 16.9 Å². The molecule has 2 N–H and O–H groups in total. The second-order valence-electron chi connectivity index (χ2n) is 3.66. The van der Waals surface area contributed by atoms with Crippen LogP contribution in [0.5, 0.6) is 0 Å². The molecule has 2 nitrogen and oxygen atoms in total. The van der Waals surface area contributed by atoms with Crippen LogP contribution in [0.2, 0.25) is 0 Å². The van der Waals surface area contributed by atoms with Crippen LogP contribution in [0, 0.1) is 24.1 Å². The third-order valence-corrected chi connectivity index (χ3v) is 3.77. The molecule has 2 aromatic rings. The van der Waals surface area contributed by atoms with Crippen LogP contribution in [0.15, 0.2) is 6.07 Å². The van der Waals surface area contributed by atoms with E-state index in [0.717, 1.165) is 28.9 Å². The van der Waals surface area contributed by atoms with Crippen molar-refractivity contribution in [2.75, 3.05) is 5.73 Å². The van der Waals surface area contributed by atoms with Crippen molar-refractivity contribution in [3.63, 3.8) is 0 Å². The van der Waals surface area contributed by atoms with Crippen LogP contribution >= 0.6 is 11.3 Å². The predicted octanol–water partition coefficient (Wildman–Crippen LogP) is 4.39. The number of aryl methyl sites for hydroxylation is 2. The number of thiophene rings is 1. The van der Waals surface area contributed by atoms with Gasteiger partial charge in [-0.2, -0.15) is 5.26 Å². The Morgan fingerprint density at radius 2 is 2.06 bits per heavy atom. The molecule has 0 aliphatic rings. The Hall–Kier alpha value is -1.60. The molecule has 96 valence electrons. The molecular weight excluding hydrogens is 247 g/mol. The summed E-state index contributed by atoms with van der Waals surface area (Å²) in [6.45, 7) is 7.85. The fraction of sp³-hybridized carbons (Fsp3) is 0.357. The van der Waals surface area contributed by atoms with E-state index in [1.165, 1.54) is 6.07 Å². The van der Waals surface area contributed by atoms with Crippen LogP contribution in [0.4, 0.5) is 9.39 Å². The van der Waals surface area contributed by atoms with Gasteiger partial charge in [-0.15, -0.1) is 11.3 Å². The highest BCUT2D eigenvalue weighted by molar-refractivity contribution is 7.23. The maximum absolute atomic E-state index is 13.7. The zero-order valence-corrected chi connectivity index (χ0v) is 11.9. The quantitative estimate of drug-likeness (QED) is 0.830. The lowest BCUT2D eigenvalue weighted by molar-refractivity contribution is 0.640. The molecule has 0 spiro atoms. The van der Waals surface area contributed by atoms with E-state index in [-0.39, 0.29) is 5.82 Å². The number of hydrogen-bond donors (Lipinski definition) is 1. The van der Waals surface area contributed by atoms with Gasteiger partial charge in [-0.1, -0.05) is 20.8 Å². The van der Waals surface area contributed by atoms with Crippen LogP contribution in [-0.4, -0.2) is 0 Å². The minimum atomic E-state index is -0.289. The van der Waals surface area contributed by atoms with E-state index in [2.05, 4.69) is 6.07 Å². The number of nitrogens with two attached hydrogens (primary N) is 1. The summed E-state index contributed by atoms with van der Waals surface area (Å²) in [6.07, 6.45) is 0.771. The Kier molecular flexibility index (Phi) is 4.69. The van der Waals surface area contributed by atoms with Crippen molar-refractivity contribution in [1.82, 2.24) is 0 Å². The molecule has 1 heterocycles.